The van der Waals surface area contributed by atoms with Crippen LogP contribution in [0.5, 0.6) is 0 Å². The minimum absolute atomic E-state index is 0.531. The van der Waals surface area contributed by atoms with Gasteiger partial charge in [-0.1, -0.05) is 65.2 Å². The molecule has 22 heavy (non-hydrogen) atoms. The first kappa shape index (κ1) is 16.8. The summed E-state index contributed by atoms with van der Waals surface area (Å²) in [5, 5.41) is 0. The molecule has 0 saturated heterocycles. The van der Waals surface area contributed by atoms with E-state index in [4.69, 9.17) is 9.47 Å². The van der Waals surface area contributed by atoms with E-state index >= 15 is 0 Å². The molecule has 116 valence electrons. The minimum atomic E-state index is -1.24. The second kappa shape index (κ2) is 10.2. The van der Waals surface area contributed by atoms with E-state index in [9.17, 15) is 4.57 Å². The van der Waals surface area contributed by atoms with Crippen LogP contribution in [0.2, 0.25) is 0 Å². The molecule has 0 spiro atoms. The fraction of sp³-hybridized carbons (Fsp3) is 0.333. The Balaban J connectivity index is 1.49. The van der Waals surface area contributed by atoms with Crippen molar-refractivity contribution in [2.75, 3.05) is 25.5 Å². The van der Waals surface area contributed by atoms with E-state index in [2.05, 4.69) is 0 Å². The largest absolute Gasteiger partial charge is 0.372 e. The van der Waals surface area contributed by atoms with Crippen LogP contribution in [0, 0.1) is 0 Å². The van der Waals surface area contributed by atoms with Gasteiger partial charge in [-0.2, -0.15) is 0 Å². The molecule has 0 aliphatic rings. The molecule has 0 radical (unpaired) electrons. The van der Waals surface area contributed by atoms with Gasteiger partial charge in [-0.15, -0.1) is 0 Å². The summed E-state index contributed by atoms with van der Waals surface area (Å²) in [6, 6.07) is 20.0. The van der Waals surface area contributed by atoms with Crippen LogP contribution in [0.25, 0.3) is 0 Å². The van der Waals surface area contributed by atoms with E-state index in [1.807, 2.05) is 60.7 Å². The highest BCUT2D eigenvalue weighted by Gasteiger charge is 2.14. The predicted octanol–water partition coefficient (Wildman–Crippen LogP) is 4.25. The van der Waals surface area contributed by atoms with Gasteiger partial charge in [0.05, 0.1) is 26.4 Å². The minimum Gasteiger partial charge on any atom is -0.372 e. The van der Waals surface area contributed by atoms with Gasteiger partial charge in [0.2, 0.25) is 0 Å². The maximum absolute atomic E-state index is 11.9. The lowest BCUT2D eigenvalue weighted by Crippen LogP contribution is -2.02. The first-order valence-corrected chi connectivity index (χ1v) is 9.13. The third-order valence-electron chi connectivity index (χ3n) is 3.19. The highest BCUT2D eigenvalue weighted by Crippen LogP contribution is 2.19. The lowest BCUT2D eigenvalue weighted by molar-refractivity contribution is 0.132. The van der Waals surface area contributed by atoms with E-state index in [1.165, 1.54) is 0 Å². The molecule has 0 aliphatic carbocycles. The van der Waals surface area contributed by atoms with Crippen LogP contribution in [-0.4, -0.2) is 25.5 Å². The van der Waals surface area contributed by atoms with E-state index < -0.39 is 7.80 Å². The van der Waals surface area contributed by atoms with Gasteiger partial charge in [-0.25, -0.2) is 0 Å². The molecule has 4 heteroatoms. The molecule has 2 aromatic rings. The van der Waals surface area contributed by atoms with E-state index in [0.717, 1.165) is 11.1 Å². The Labute approximate surface area is 133 Å². The number of benzene rings is 2. The zero-order chi connectivity index (χ0) is 15.5. The number of hydrogen-bond acceptors (Lipinski definition) is 3. The maximum Gasteiger partial charge on any atom is 0.343 e. The predicted molar refractivity (Wildman–Crippen MR) is 89.5 cm³/mol. The Morgan fingerprint density at radius 1 is 0.682 bits per heavy atom. The lowest BCUT2D eigenvalue weighted by Gasteiger charge is -2.01. The summed E-state index contributed by atoms with van der Waals surface area (Å²) in [4.78, 5) is 0. The van der Waals surface area contributed by atoms with Crippen molar-refractivity contribution in [2.24, 2.45) is 0 Å². The van der Waals surface area contributed by atoms with Crippen molar-refractivity contribution in [1.82, 2.24) is 0 Å². The Morgan fingerprint density at radius 3 is 1.50 bits per heavy atom. The standard InChI is InChI=1S/C18H22O3P/c19-22(13-11-20-15-17-7-3-1-4-8-17)14-12-21-16-18-9-5-2-6-10-18/h1-10H,11-16H2/q+1. The van der Waals surface area contributed by atoms with Crippen molar-refractivity contribution in [3.8, 4) is 0 Å². The molecular weight excluding hydrogens is 295 g/mol. The van der Waals surface area contributed by atoms with Crippen molar-refractivity contribution >= 4 is 7.80 Å². The Bertz CT molecular complexity index is 493. The highest BCUT2D eigenvalue weighted by atomic mass is 31.1. The maximum atomic E-state index is 11.9. The molecular formula is C18H22O3P+. The van der Waals surface area contributed by atoms with Crippen LogP contribution in [0.15, 0.2) is 60.7 Å². The molecule has 0 amide bonds. The summed E-state index contributed by atoms with van der Waals surface area (Å²) in [6.07, 6.45) is 1.19. The molecule has 0 saturated carbocycles. The third kappa shape index (κ3) is 6.95. The Hall–Kier alpha value is -1.54. The first-order chi connectivity index (χ1) is 10.8. The molecule has 0 heterocycles. The normalized spacial score (nSPS) is 10.5. The number of rotatable bonds is 10. The smallest absolute Gasteiger partial charge is 0.343 e. The second-order valence-corrected chi connectivity index (χ2v) is 6.86. The zero-order valence-corrected chi connectivity index (χ0v) is 13.6. The van der Waals surface area contributed by atoms with Gasteiger partial charge < -0.3 is 9.47 Å². The highest BCUT2D eigenvalue weighted by molar-refractivity contribution is 7.44. The van der Waals surface area contributed by atoms with Crippen LogP contribution >= 0.6 is 7.80 Å². The number of hydrogen-bond donors (Lipinski definition) is 0. The van der Waals surface area contributed by atoms with Crippen LogP contribution in [0.3, 0.4) is 0 Å². The van der Waals surface area contributed by atoms with E-state index in [1.54, 1.807) is 0 Å². The van der Waals surface area contributed by atoms with Gasteiger partial charge in [0.25, 0.3) is 0 Å². The van der Waals surface area contributed by atoms with Crippen LogP contribution in [-0.2, 0) is 27.3 Å². The monoisotopic (exact) mass is 317 g/mol. The summed E-state index contributed by atoms with van der Waals surface area (Å²) >= 11 is 0. The van der Waals surface area contributed by atoms with Crippen LogP contribution in [0.1, 0.15) is 11.1 Å². The molecule has 0 fully saturated rings. The van der Waals surface area contributed by atoms with Crippen LogP contribution in [0.4, 0.5) is 0 Å². The molecule has 0 N–H and O–H groups in total. The molecule has 3 nitrogen and oxygen atoms in total. The van der Waals surface area contributed by atoms with Gasteiger partial charge in [0.1, 0.15) is 0 Å². The summed E-state index contributed by atoms with van der Waals surface area (Å²) in [6.45, 7) is 2.22. The summed E-state index contributed by atoms with van der Waals surface area (Å²) in [7, 11) is -1.24. The second-order valence-electron chi connectivity index (χ2n) is 5.01. The molecule has 0 aliphatic heterocycles. The van der Waals surface area contributed by atoms with Gasteiger partial charge in [0.15, 0.2) is 12.3 Å². The molecule has 0 aromatic heterocycles. The van der Waals surface area contributed by atoms with E-state index in [0.29, 0.717) is 38.8 Å². The average molecular weight is 317 g/mol. The summed E-state index contributed by atoms with van der Waals surface area (Å²) in [5.74, 6) is 0. The SMILES string of the molecule is O=[P+](CCOCc1ccccc1)CCOCc1ccccc1. The fourth-order valence-electron chi connectivity index (χ4n) is 1.97. The van der Waals surface area contributed by atoms with Crippen LogP contribution < -0.4 is 0 Å². The molecule has 0 bridgehead atoms. The van der Waals surface area contributed by atoms with Gasteiger partial charge in [-0.3, -0.25) is 0 Å². The molecule has 0 unspecified atom stereocenters. The molecule has 2 aromatic carbocycles. The molecule has 2 rings (SSSR count). The molecule has 0 atom stereocenters. The van der Waals surface area contributed by atoms with Gasteiger partial charge in [0, 0.05) is 0 Å². The first-order valence-electron chi connectivity index (χ1n) is 7.50. The number of ether oxygens (including phenoxy) is 2. The van der Waals surface area contributed by atoms with Gasteiger partial charge >= 0.3 is 7.80 Å². The quantitative estimate of drug-likeness (QED) is 0.485. The van der Waals surface area contributed by atoms with Crippen molar-refractivity contribution in [2.45, 2.75) is 13.2 Å². The van der Waals surface area contributed by atoms with Crippen molar-refractivity contribution in [1.29, 1.82) is 0 Å². The Morgan fingerprint density at radius 2 is 1.09 bits per heavy atom. The topological polar surface area (TPSA) is 35.5 Å². The zero-order valence-electron chi connectivity index (χ0n) is 12.7. The van der Waals surface area contributed by atoms with Crippen molar-refractivity contribution in [3.05, 3.63) is 71.8 Å². The summed E-state index contributed by atoms with van der Waals surface area (Å²) in [5.41, 5.74) is 2.29. The van der Waals surface area contributed by atoms with Crippen molar-refractivity contribution < 1.29 is 14.0 Å². The lowest BCUT2D eigenvalue weighted by atomic mass is 10.2. The van der Waals surface area contributed by atoms with Gasteiger partial charge in [-0.05, 0) is 11.1 Å². The average Bonchev–Trinajstić information content (AvgIpc) is 2.57. The summed E-state index contributed by atoms with van der Waals surface area (Å²) < 4.78 is 22.9. The Kier molecular flexibility index (Phi) is 7.82. The third-order valence-corrected chi connectivity index (χ3v) is 4.56. The fourth-order valence-corrected chi connectivity index (χ4v) is 2.86. The van der Waals surface area contributed by atoms with E-state index in [-0.39, 0.29) is 0 Å². The van der Waals surface area contributed by atoms with Crippen molar-refractivity contribution in [3.63, 3.8) is 0 Å².